The van der Waals surface area contributed by atoms with Gasteiger partial charge in [-0.25, -0.2) is 0 Å². The van der Waals surface area contributed by atoms with Crippen molar-refractivity contribution in [1.82, 2.24) is 5.32 Å². The number of halogens is 1. The monoisotopic (exact) mass is 248 g/mol. The maximum atomic E-state index is 11.5. The van der Waals surface area contributed by atoms with Gasteiger partial charge in [0.2, 0.25) is 5.91 Å². The summed E-state index contributed by atoms with van der Waals surface area (Å²) < 4.78 is 5.07. The summed E-state index contributed by atoms with van der Waals surface area (Å²) in [4.78, 5) is 11.5. The number of hydrogen-bond donors (Lipinski definition) is 2. The van der Waals surface area contributed by atoms with Crippen molar-refractivity contribution in [2.24, 2.45) is 5.73 Å². The first kappa shape index (κ1) is 15.4. The van der Waals surface area contributed by atoms with Gasteiger partial charge in [-0.3, -0.25) is 4.79 Å². The van der Waals surface area contributed by atoms with Crippen LogP contribution >= 0.6 is 12.4 Å². The Bertz CT molecular complexity index is 228. The molecule has 0 aromatic heterocycles. The van der Waals surface area contributed by atoms with E-state index < -0.39 is 0 Å². The van der Waals surface area contributed by atoms with Crippen molar-refractivity contribution >= 4 is 18.3 Å². The second-order valence-corrected chi connectivity index (χ2v) is 4.04. The van der Waals surface area contributed by atoms with Gasteiger partial charge in [0.1, 0.15) is 6.61 Å². The summed E-state index contributed by atoms with van der Waals surface area (Å²) in [6.45, 7) is 4.52. The molecule has 1 rings (SSSR count). The van der Waals surface area contributed by atoms with Crippen molar-refractivity contribution in [2.75, 3.05) is 19.8 Å². The third-order valence-electron chi connectivity index (χ3n) is 2.82. The largest absolute Gasteiger partial charge is 0.368 e. The molecule has 1 saturated carbocycles. The van der Waals surface area contributed by atoms with Gasteiger partial charge in [0.15, 0.2) is 0 Å². The maximum Gasteiger partial charge on any atom is 0.246 e. The van der Waals surface area contributed by atoms with E-state index in [1.807, 2.05) is 0 Å². The fraction of sp³-hybridized carbons (Fsp3) is 0.727. The van der Waals surface area contributed by atoms with Crippen LogP contribution in [0.5, 0.6) is 0 Å². The third-order valence-corrected chi connectivity index (χ3v) is 2.82. The van der Waals surface area contributed by atoms with Crippen LogP contribution < -0.4 is 11.1 Å². The van der Waals surface area contributed by atoms with Crippen LogP contribution in [0, 0.1) is 0 Å². The average Bonchev–Trinajstić information content (AvgIpc) is 2.67. The van der Waals surface area contributed by atoms with Crippen molar-refractivity contribution in [3.63, 3.8) is 0 Å². The van der Waals surface area contributed by atoms with Crippen LogP contribution in [0.4, 0.5) is 0 Å². The smallest absolute Gasteiger partial charge is 0.246 e. The lowest BCUT2D eigenvalue weighted by atomic mass is 9.98. The minimum absolute atomic E-state index is 0. The van der Waals surface area contributed by atoms with Crippen LogP contribution in [-0.2, 0) is 9.53 Å². The molecule has 0 aromatic rings. The molecule has 0 bridgehead atoms. The second kappa shape index (κ2) is 7.65. The number of carbonyl (C=O) groups excluding carboxylic acids is 1. The van der Waals surface area contributed by atoms with Crippen LogP contribution in [0.25, 0.3) is 0 Å². The molecule has 0 unspecified atom stereocenters. The van der Waals surface area contributed by atoms with Crippen molar-refractivity contribution in [3.05, 3.63) is 12.7 Å². The van der Waals surface area contributed by atoms with Gasteiger partial charge < -0.3 is 15.8 Å². The highest BCUT2D eigenvalue weighted by Gasteiger charge is 2.33. The highest BCUT2D eigenvalue weighted by Crippen LogP contribution is 2.28. The molecule has 0 heterocycles. The highest BCUT2D eigenvalue weighted by molar-refractivity contribution is 5.85. The predicted octanol–water partition coefficient (Wildman–Crippen LogP) is 0.998. The fourth-order valence-electron chi connectivity index (χ4n) is 2.00. The van der Waals surface area contributed by atoms with Crippen molar-refractivity contribution in [3.8, 4) is 0 Å². The number of hydrogen-bond acceptors (Lipinski definition) is 3. The predicted molar refractivity (Wildman–Crippen MR) is 66.7 cm³/mol. The lowest BCUT2D eigenvalue weighted by Gasteiger charge is -2.28. The van der Waals surface area contributed by atoms with E-state index in [0.717, 1.165) is 25.7 Å². The lowest BCUT2D eigenvalue weighted by Crippen LogP contribution is -2.52. The Hall–Kier alpha value is -0.580. The summed E-state index contributed by atoms with van der Waals surface area (Å²) in [5, 5.41) is 2.98. The molecular weight excluding hydrogens is 228 g/mol. The van der Waals surface area contributed by atoms with Crippen LogP contribution in [-0.4, -0.2) is 31.2 Å². The Morgan fingerprint density at radius 1 is 1.50 bits per heavy atom. The molecule has 0 aromatic carbocycles. The van der Waals surface area contributed by atoms with Gasteiger partial charge in [0, 0.05) is 6.54 Å². The molecule has 1 amide bonds. The third kappa shape index (κ3) is 4.51. The summed E-state index contributed by atoms with van der Waals surface area (Å²) in [6, 6.07) is 0. The molecule has 0 aliphatic heterocycles. The summed E-state index contributed by atoms with van der Waals surface area (Å²) in [5.74, 6) is -0.0794. The van der Waals surface area contributed by atoms with Gasteiger partial charge in [-0.05, 0) is 12.8 Å². The van der Waals surface area contributed by atoms with E-state index in [1.165, 1.54) is 0 Å². The molecule has 0 spiro atoms. The Labute approximate surface area is 103 Å². The number of carbonyl (C=O) groups is 1. The molecule has 1 aliphatic rings. The second-order valence-electron chi connectivity index (χ2n) is 4.04. The van der Waals surface area contributed by atoms with Crippen molar-refractivity contribution < 1.29 is 9.53 Å². The van der Waals surface area contributed by atoms with Crippen LogP contribution in [0.15, 0.2) is 12.7 Å². The summed E-state index contributed by atoms with van der Waals surface area (Å²) in [7, 11) is 0. The Kier molecular flexibility index (Phi) is 7.38. The van der Waals surface area contributed by atoms with Gasteiger partial charge in [-0.15, -0.1) is 19.0 Å². The number of rotatable bonds is 6. The Morgan fingerprint density at radius 3 is 2.62 bits per heavy atom. The van der Waals surface area contributed by atoms with E-state index in [0.29, 0.717) is 13.2 Å². The zero-order chi connectivity index (χ0) is 11.1. The molecule has 94 valence electrons. The molecule has 5 heteroatoms. The first-order valence-electron chi connectivity index (χ1n) is 5.42. The molecule has 16 heavy (non-hydrogen) atoms. The summed E-state index contributed by atoms with van der Waals surface area (Å²) in [6.07, 6.45) is 5.88. The van der Waals surface area contributed by atoms with E-state index in [1.54, 1.807) is 6.08 Å². The minimum atomic E-state index is -0.172. The number of amides is 1. The van der Waals surface area contributed by atoms with E-state index in [4.69, 9.17) is 10.5 Å². The molecule has 4 nitrogen and oxygen atoms in total. The maximum absolute atomic E-state index is 11.5. The summed E-state index contributed by atoms with van der Waals surface area (Å²) in [5.41, 5.74) is 5.53. The van der Waals surface area contributed by atoms with Crippen molar-refractivity contribution in [1.29, 1.82) is 0 Å². The van der Waals surface area contributed by atoms with Crippen LogP contribution in [0.1, 0.15) is 25.7 Å². The van der Waals surface area contributed by atoms with Crippen LogP contribution in [0.3, 0.4) is 0 Å². The Balaban J connectivity index is 0.00000225. The number of nitrogens with two attached hydrogens (primary N) is 1. The first-order chi connectivity index (χ1) is 7.22. The molecule has 0 radical (unpaired) electrons. The SMILES string of the molecule is C=CCOCC(=O)NC1(CN)CCCC1.Cl. The molecule has 1 aliphatic carbocycles. The summed E-state index contributed by atoms with van der Waals surface area (Å²) >= 11 is 0. The van der Waals surface area contributed by atoms with Gasteiger partial charge in [-0.2, -0.15) is 0 Å². The van der Waals surface area contributed by atoms with Gasteiger partial charge in [0.25, 0.3) is 0 Å². The Morgan fingerprint density at radius 2 is 2.12 bits per heavy atom. The van der Waals surface area contributed by atoms with E-state index in [-0.39, 0.29) is 30.5 Å². The quantitative estimate of drug-likeness (QED) is 0.545. The molecule has 0 saturated heterocycles. The minimum Gasteiger partial charge on any atom is -0.368 e. The molecule has 3 N–H and O–H groups in total. The van der Waals surface area contributed by atoms with Crippen LogP contribution in [0.2, 0.25) is 0 Å². The van der Waals surface area contributed by atoms with E-state index in [9.17, 15) is 4.79 Å². The van der Waals surface area contributed by atoms with Gasteiger partial charge in [0.05, 0.1) is 12.1 Å². The van der Waals surface area contributed by atoms with E-state index in [2.05, 4.69) is 11.9 Å². The molecular formula is C11H21ClN2O2. The zero-order valence-corrected chi connectivity index (χ0v) is 10.4. The standard InChI is InChI=1S/C11H20N2O2.ClH/c1-2-7-15-8-10(14)13-11(9-12)5-3-4-6-11;/h2H,1,3-9,12H2,(H,13,14);1H. The number of ether oxygens (including phenoxy) is 1. The zero-order valence-electron chi connectivity index (χ0n) is 9.54. The molecule has 0 atom stereocenters. The van der Waals surface area contributed by atoms with Gasteiger partial charge in [-0.1, -0.05) is 18.9 Å². The number of nitrogens with one attached hydrogen (secondary N) is 1. The highest BCUT2D eigenvalue weighted by atomic mass is 35.5. The first-order valence-corrected chi connectivity index (χ1v) is 5.42. The van der Waals surface area contributed by atoms with Crippen molar-refractivity contribution in [2.45, 2.75) is 31.2 Å². The normalized spacial score (nSPS) is 17.6. The lowest BCUT2D eigenvalue weighted by molar-refractivity contribution is -0.127. The fourth-order valence-corrected chi connectivity index (χ4v) is 2.00. The molecule has 1 fully saturated rings. The average molecular weight is 249 g/mol. The van der Waals surface area contributed by atoms with E-state index >= 15 is 0 Å². The topological polar surface area (TPSA) is 64.3 Å². The van der Waals surface area contributed by atoms with Gasteiger partial charge >= 0.3 is 0 Å².